The average molecular weight is 210 g/mol. The molecule has 0 amide bonds. The van der Waals surface area contributed by atoms with E-state index >= 15 is 0 Å². The third-order valence-electron chi connectivity index (χ3n) is 3.40. The van der Waals surface area contributed by atoms with Gasteiger partial charge in [0, 0.05) is 17.0 Å². The largest absolute Gasteiger partial charge is 0.327 e. The summed E-state index contributed by atoms with van der Waals surface area (Å²) < 4.78 is 0. The summed E-state index contributed by atoms with van der Waals surface area (Å²) >= 11 is 6.17. The van der Waals surface area contributed by atoms with Gasteiger partial charge in [-0.3, -0.25) is 0 Å². The predicted octanol–water partition coefficient (Wildman–Crippen LogP) is 3.10. The number of rotatable bonds is 1. The van der Waals surface area contributed by atoms with E-state index in [1.807, 2.05) is 12.1 Å². The highest BCUT2D eigenvalue weighted by Gasteiger charge is 2.56. The molecule has 0 radical (unpaired) electrons. The molecule has 0 spiro atoms. The van der Waals surface area contributed by atoms with Crippen LogP contribution in [0.3, 0.4) is 0 Å². The van der Waals surface area contributed by atoms with Gasteiger partial charge in [0.05, 0.1) is 0 Å². The molecular weight excluding hydrogens is 194 g/mol. The summed E-state index contributed by atoms with van der Waals surface area (Å²) in [5.74, 6) is 0.426. The zero-order chi connectivity index (χ0) is 10.5. The Balaban J connectivity index is 2.39. The van der Waals surface area contributed by atoms with Gasteiger partial charge in [-0.25, -0.2) is 0 Å². The molecule has 1 saturated carbocycles. The molecule has 0 aliphatic heterocycles. The van der Waals surface area contributed by atoms with Crippen LogP contribution in [0.5, 0.6) is 0 Å². The van der Waals surface area contributed by atoms with Gasteiger partial charge in [0.25, 0.3) is 0 Å². The second-order valence-corrected chi connectivity index (χ2v) is 5.26. The van der Waals surface area contributed by atoms with Crippen LogP contribution in [0.15, 0.2) is 18.2 Å². The predicted molar refractivity (Wildman–Crippen MR) is 60.7 cm³/mol. The van der Waals surface area contributed by atoms with Gasteiger partial charge >= 0.3 is 0 Å². The molecule has 2 atom stereocenters. The first-order valence-corrected chi connectivity index (χ1v) is 5.34. The first-order valence-electron chi connectivity index (χ1n) is 4.96. The van der Waals surface area contributed by atoms with Gasteiger partial charge in [0.2, 0.25) is 0 Å². The number of aryl methyl sites for hydroxylation is 1. The van der Waals surface area contributed by atoms with Gasteiger partial charge < -0.3 is 5.73 Å². The van der Waals surface area contributed by atoms with E-state index in [1.54, 1.807) is 0 Å². The minimum Gasteiger partial charge on any atom is -0.327 e. The lowest BCUT2D eigenvalue weighted by Crippen LogP contribution is -2.06. The molecule has 0 bridgehead atoms. The average Bonchev–Trinajstić information content (AvgIpc) is 2.58. The zero-order valence-electron chi connectivity index (χ0n) is 8.84. The highest BCUT2D eigenvalue weighted by atomic mass is 35.5. The summed E-state index contributed by atoms with van der Waals surface area (Å²) in [6.07, 6.45) is 0. The Morgan fingerprint density at radius 2 is 1.93 bits per heavy atom. The van der Waals surface area contributed by atoms with Crippen molar-refractivity contribution in [2.45, 2.75) is 32.7 Å². The number of benzene rings is 1. The van der Waals surface area contributed by atoms with Crippen LogP contribution < -0.4 is 5.73 Å². The summed E-state index contributed by atoms with van der Waals surface area (Å²) in [5, 5.41) is 0.849. The van der Waals surface area contributed by atoms with E-state index in [1.165, 1.54) is 11.1 Å². The Hall–Kier alpha value is -0.530. The van der Waals surface area contributed by atoms with Crippen molar-refractivity contribution in [2.75, 3.05) is 0 Å². The van der Waals surface area contributed by atoms with Crippen molar-refractivity contribution < 1.29 is 0 Å². The molecule has 0 unspecified atom stereocenters. The summed E-state index contributed by atoms with van der Waals surface area (Å²) in [7, 11) is 0. The maximum absolute atomic E-state index is 6.17. The van der Waals surface area contributed by atoms with Gasteiger partial charge in [-0.05, 0) is 24.0 Å². The monoisotopic (exact) mass is 209 g/mol. The number of hydrogen-bond donors (Lipinski definition) is 1. The molecule has 2 rings (SSSR count). The molecule has 76 valence electrons. The Morgan fingerprint density at radius 1 is 1.36 bits per heavy atom. The molecule has 1 aliphatic carbocycles. The van der Waals surface area contributed by atoms with Crippen LogP contribution in [0, 0.1) is 12.3 Å². The number of halogens is 1. The van der Waals surface area contributed by atoms with Crippen LogP contribution in [0.1, 0.15) is 30.9 Å². The molecule has 2 heteroatoms. The Morgan fingerprint density at radius 3 is 2.43 bits per heavy atom. The maximum Gasteiger partial charge on any atom is 0.0441 e. The van der Waals surface area contributed by atoms with Crippen LogP contribution in [0.25, 0.3) is 0 Å². The zero-order valence-corrected chi connectivity index (χ0v) is 9.60. The molecule has 0 aromatic heterocycles. The summed E-state index contributed by atoms with van der Waals surface area (Å²) in [4.78, 5) is 0. The molecule has 0 saturated heterocycles. The lowest BCUT2D eigenvalue weighted by Gasteiger charge is -2.06. The van der Waals surface area contributed by atoms with Crippen LogP contribution in [0.4, 0.5) is 0 Å². The molecule has 1 aliphatic rings. The van der Waals surface area contributed by atoms with Crippen LogP contribution in [-0.4, -0.2) is 6.04 Å². The normalized spacial score (nSPS) is 28.9. The molecule has 2 N–H and O–H groups in total. The number of hydrogen-bond acceptors (Lipinski definition) is 1. The number of nitrogens with two attached hydrogens (primary N) is 1. The Labute approximate surface area is 90.3 Å². The molecule has 1 nitrogen and oxygen atoms in total. The van der Waals surface area contributed by atoms with E-state index in [2.05, 4.69) is 26.8 Å². The highest BCUT2D eigenvalue weighted by Crippen LogP contribution is 2.58. The quantitative estimate of drug-likeness (QED) is 0.756. The van der Waals surface area contributed by atoms with Gasteiger partial charge in [0.15, 0.2) is 0 Å². The van der Waals surface area contributed by atoms with Crippen molar-refractivity contribution >= 4 is 11.6 Å². The topological polar surface area (TPSA) is 26.0 Å². The Bertz CT molecular complexity index is 371. The van der Waals surface area contributed by atoms with Crippen molar-refractivity contribution in [3.8, 4) is 0 Å². The van der Waals surface area contributed by atoms with E-state index in [0.717, 1.165) is 5.02 Å². The second kappa shape index (κ2) is 2.98. The molecule has 1 aromatic rings. The summed E-state index contributed by atoms with van der Waals surface area (Å²) in [6.45, 7) is 6.47. The fraction of sp³-hybridized carbons (Fsp3) is 0.500. The summed E-state index contributed by atoms with van der Waals surface area (Å²) in [6, 6.07) is 6.41. The first-order chi connectivity index (χ1) is 6.44. The van der Waals surface area contributed by atoms with E-state index < -0.39 is 0 Å². The van der Waals surface area contributed by atoms with Crippen LogP contribution in [0.2, 0.25) is 5.02 Å². The van der Waals surface area contributed by atoms with Crippen molar-refractivity contribution in [1.29, 1.82) is 0 Å². The molecule has 1 aromatic carbocycles. The third kappa shape index (κ3) is 1.35. The second-order valence-electron chi connectivity index (χ2n) is 4.85. The van der Waals surface area contributed by atoms with Crippen molar-refractivity contribution in [2.24, 2.45) is 11.1 Å². The first kappa shape index (κ1) is 10.0. The van der Waals surface area contributed by atoms with Crippen molar-refractivity contribution in [3.05, 3.63) is 34.3 Å². The van der Waals surface area contributed by atoms with Gasteiger partial charge in [-0.2, -0.15) is 0 Å². The van der Waals surface area contributed by atoms with Crippen LogP contribution >= 0.6 is 11.6 Å². The van der Waals surface area contributed by atoms with E-state index in [4.69, 9.17) is 17.3 Å². The summed E-state index contributed by atoms with van der Waals surface area (Å²) in [5.41, 5.74) is 8.70. The molecule has 1 fully saturated rings. The van der Waals surface area contributed by atoms with E-state index in [9.17, 15) is 0 Å². The van der Waals surface area contributed by atoms with E-state index in [0.29, 0.717) is 5.92 Å². The standard InChI is InChI=1S/C12H16ClN/c1-7-4-5-9(13)8(6-7)10-11(14)12(10,2)3/h4-6,10-11H,14H2,1-3H3/t10-,11-/m1/s1. The van der Waals surface area contributed by atoms with Crippen LogP contribution in [-0.2, 0) is 0 Å². The molecule has 14 heavy (non-hydrogen) atoms. The Kier molecular flexibility index (Phi) is 2.13. The smallest absolute Gasteiger partial charge is 0.0441 e. The fourth-order valence-corrected chi connectivity index (χ4v) is 2.41. The minimum absolute atomic E-state index is 0.206. The minimum atomic E-state index is 0.206. The van der Waals surface area contributed by atoms with Gasteiger partial charge in [0.1, 0.15) is 0 Å². The fourth-order valence-electron chi connectivity index (χ4n) is 2.17. The lowest BCUT2D eigenvalue weighted by molar-refractivity contribution is 0.599. The SMILES string of the molecule is Cc1ccc(Cl)c([C@@H]2[C@@H](N)C2(C)C)c1. The third-order valence-corrected chi connectivity index (χ3v) is 3.74. The molecular formula is C12H16ClN. The molecule has 0 heterocycles. The van der Waals surface area contributed by atoms with E-state index in [-0.39, 0.29) is 11.5 Å². The van der Waals surface area contributed by atoms with Gasteiger partial charge in [-0.15, -0.1) is 0 Å². The lowest BCUT2D eigenvalue weighted by atomic mass is 10.0. The van der Waals surface area contributed by atoms with Gasteiger partial charge in [-0.1, -0.05) is 43.1 Å². The van der Waals surface area contributed by atoms with Crippen molar-refractivity contribution in [3.63, 3.8) is 0 Å². The highest BCUT2D eigenvalue weighted by molar-refractivity contribution is 6.31. The van der Waals surface area contributed by atoms with Crippen molar-refractivity contribution in [1.82, 2.24) is 0 Å². The maximum atomic E-state index is 6.17.